The van der Waals surface area contributed by atoms with Crippen LogP contribution in [0.15, 0.2) is 24.5 Å². The lowest BCUT2D eigenvalue weighted by atomic mass is 10.2. The van der Waals surface area contributed by atoms with Crippen LogP contribution in [-0.4, -0.2) is 44.6 Å². The van der Waals surface area contributed by atoms with Gasteiger partial charge in [-0.25, -0.2) is 19.3 Å². The largest absolute Gasteiger partial charge is 0.489 e. The van der Waals surface area contributed by atoms with Crippen molar-refractivity contribution < 1.29 is 23.8 Å². The number of fused-ring (bicyclic) bond motifs is 1. The lowest BCUT2D eigenvalue weighted by Crippen LogP contribution is -2.25. The number of nitrogens with one attached hydrogen (secondary N) is 2. The molecule has 0 aliphatic carbocycles. The summed E-state index contributed by atoms with van der Waals surface area (Å²) in [6, 6.07) is 4.08. The number of hydrogen-bond donors (Lipinski definition) is 3. The number of ether oxygens (including phenoxy) is 1. The summed E-state index contributed by atoms with van der Waals surface area (Å²) >= 11 is 1.05. The number of nitrogens with zero attached hydrogens (tertiary/aromatic N) is 3. The van der Waals surface area contributed by atoms with Crippen molar-refractivity contribution in [3.05, 3.63) is 35.4 Å². The van der Waals surface area contributed by atoms with Gasteiger partial charge in [0.25, 0.3) is 5.91 Å². The summed E-state index contributed by atoms with van der Waals surface area (Å²) in [5.41, 5.74) is 0.848. The van der Waals surface area contributed by atoms with Gasteiger partial charge >= 0.3 is 5.97 Å². The van der Waals surface area contributed by atoms with E-state index in [1.165, 1.54) is 24.5 Å². The van der Waals surface area contributed by atoms with Crippen LogP contribution in [0, 0.1) is 5.82 Å². The molecule has 0 fully saturated rings. The molecule has 3 N–H and O–H groups in total. The Morgan fingerprint density at radius 2 is 2.10 bits per heavy atom. The molecule has 1 amide bonds. The Morgan fingerprint density at radius 1 is 1.31 bits per heavy atom. The number of rotatable bonds is 8. The highest BCUT2D eigenvalue weighted by atomic mass is 32.1. The molecule has 0 spiro atoms. The average Bonchev–Trinajstić information content (AvgIpc) is 3.08. The molecule has 9 nitrogen and oxygen atoms in total. The lowest BCUT2D eigenvalue weighted by molar-refractivity contribution is -0.136. The number of thiazole rings is 1. The van der Waals surface area contributed by atoms with Crippen molar-refractivity contribution in [1.82, 2.24) is 20.3 Å². The minimum Gasteiger partial charge on any atom is -0.489 e. The molecule has 3 rings (SSSR count). The van der Waals surface area contributed by atoms with E-state index in [0.29, 0.717) is 27.6 Å². The maximum Gasteiger partial charge on any atom is 0.305 e. The van der Waals surface area contributed by atoms with Crippen molar-refractivity contribution in [3.8, 4) is 5.75 Å². The Balaban J connectivity index is 1.87. The number of aliphatic carboxylic acids is 1. The molecule has 0 aliphatic heterocycles. The van der Waals surface area contributed by atoms with Gasteiger partial charge in [0.1, 0.15) is 28.2 Å². The number of benzene rings is 1. The van der Waals surface area contributed by atoms with Crippen molar-refractivity contribution >= 4 is 45.1 Å². The second-order valence-electron chi connectivity index (χ2n) is 6.23. The van der Waals surface area contributed by atoms with E-state index < -0.39 is 17.7 Å². The molecule has 2 heterocycles. The van der Waals surface area contributed by atoms with Gasteiger partial charge in [-0.1, -0.05) is 11.3 Å². The van der Waals surface area contributed by atoms with Gasteiger partial charge in [-0.3, -0.25) is 9.59 Å². The average molecular weight is 419 g/mol. The van der Waals surface area contributed by atoms with Gasteiger partial charge in [0.15, 0.2) is 10.8 Å². The maximum absolute atomic E-state index is 13.6. The van der Waals surface area contributed by atoms with E-state index >= 15 is 0 Å². The van der Waals surface area contributed by atoms with Crippen LogP contribution in [0.4, 0.5) is 15.9 Å². The molecule has 0 aliphatic rings. The summed E-state index contributed by atoms with van der Waals surface area (Å²) in [6.07, 6.45) is 0.969. The van der Waals surface area contributed by atoms with Crippen LogP contribution in [0.1, 0.15) is 30.1 Å². The van der Waals surface area contributed by atoms with Gasteiger partial charge in [-0.05, 0) is 26.0 Å². The standard InChI is InChI=1S/C18H18FN5O4S/c1-9(2)28-12-7-10(19)3-4-11(12)23-15-14-17(22-8-21-15)29-18(24-14)16(27)20-6-5-13(25)26/h3-4,7-9H,5-6H2,1-2H3,(H,20,27)(H,25,26)(H,21,22,23). The Morgan fingerprint density at radius 3 is 2.83 bits per heavy atom. The summed E-state index contributed by atoms with van der Waals surface area (Å²) in [5.74, 6) is -1.30. The van der Waals surface area contributed by atoms with Gasteiger partial charge in [-0.15, -0.1) is 0 Å². The van der Waals surface area contributed by atoms with Crippen molar-refractivity contribution in [2.75, 3.05) is 11.9 Å². The smallest absolute Gasteiger partial charge is 0.305 e. The number of aromatic nitrogens is 3. The van der Waals surface area contributed by atoms with E-state index in [1.54, 1.807) is 0 Å². The second-order valence-corrected chi connectivity index (χ2v) is 7.20. The van der Waals surface area contributed by atoms with Crippen molar-refractivity contribution in [2.24, 2.45) is 0 Å². The fourth-order valence-corrected chi connectivity index (χ4v) is 3.20. The van der Waals surface area contributed by atoms with E-state index in [1.807, 2.05) is 13.8 Å². The number of carbonyl (C=O) groups excluding carboxylic acids is 1. The van der Waals surface area contributed by atoms with Crippen LogP contribution in [0.25, 0.3) is 10.3 Å². The number of carboxylic acids is 1. The molecule has 0 radical (unpaired) electrons. The fourth-order valence-electron chi connectivity index (χ4n) is 2.38. The molecule has 0 atom stereocenters. The highest BCUT2D eigenvalue weighted by Gasteiger charge is 2.17. The second kappa shape index (κ2) is 8.78. The van der Waals surface area contributed by atoms with E-state index in [-0.39, 0.29) is 24.1 Å². The zero-order valence-electron chi connectivity index (χ0n) is 15.6. The van der Waals surface area contributed by atoms with E-state index in [9.17, 15) is 14.0 Å². The Labute approximate surface area is 169 Å². The molecule has 0 saturated heterocycles. The van der Waals surface area contributed by atoms with Crippen molar-refractivity contribution in [1.29, 1.82) is 0 Å². The molecule has 1 aromatic carbocycles. The van der Waals surface area contributed by atoms with Crippen LogP contribution in [-0.2, 0) is 4.79 Å². The predicted molar refractivity (Wildman–Crippen MR) is 105 cm³/mol. The Hall–Kier alpha value is -3.34. The predicted octanol–water partition coefficient (Wildman–Crippen LogP) is 2.96. The zero-order chi connectivity index (χ0) is 21.0. The molecule has 11 heteroatoms. The summed E-state index contributed by atoms with van der Waals surface area (Å²) in [6.45, 7) is 3.65. The van der Waals surface area contributed by atoms with Crippen molar-refractivity contribution in [3.63, 3.8) is 0 Å². The molecule has 3 aromatic rings. The lowest BCUT2D eigenvalue weighted by Gasteiger charge is -2.15. The highest BCUT2D eigenvalue weighted by molar-refractivity contribution is 7.19. The summed E-state index contributed by atoms with van der Waals surface area (Å²) in [7, 11) is 0. The molecule has 2 aromatic heterocycles. The first-order valence-corrected chi connectivity index (χ1v) is 9.50. The quantitative estimate of drug-likeness (QED) is 0.509. The molecule has 29 heavy (non-hydrogen) atoms. The molecule has 0 saturated carbocycles. The third-order valence-electron chi connectivity index (χ3n) is 3.57. The molecule has 0 bridgehead atoms. The van der Waals surface area contributed by atoms with Crippen molar-refractivity contribution in [2.45, 2.75) is 26.4 Å². The minimum absolute atomic E-state index is 0.00758. The van der Waals surface area contributed by atoms with Crippen LogP contribution >= 0.6 is 11.3 Å². The normalized spacial score (nSPS) is 10.9. The maximum atomic E-state index is 13.6. The van der Waals surface area contributed by atoms with Crippen LogP contribution in [0.3, 0.4) is 0 Å². The minimum atomic E-state index is -1.01. The number of carbonyl (C=O) groups is 2. The zero-order valence-corrected chi connectivity index (χ0v) is 16.4. The number of anilines is 2. The van der Waals surface area contributed by atoms with Gasteiger partial charge in [0.2, 0.25) is 0 Å². The Kier molecular flexibility index (Phi) is 6.17. The summed E-state index contributed by atoms with van der Waals surface area (Å²) in [4.78, 5) is 35.8. The fraction of sp³-hybridized carbons (Fsp3) is 0.278. The highest BCUT2D eigenvalue weighted by Crippen LogP contribution is 2.32. The molecular weight excluding hydrogens is 401 g/mol. The number of hydrogen-bond acceptors (Lipinski definition) is 8. The number of halogens is 1. The molecule has 0 unspecified atom stereocenters. The number of carboxylic acid groups (broad SMARTS) is 1. The molecular formula is C18H18FN5O4S. The third kappa shape index (κ3) is 5.13. The van der Waals surface area contributed by atoms with Crippen LogP contribution in [0.5, 0.6) is 5.75 Å². The third-order valence-corrected chi connectivity index (χ3v) is 4.54. The monoisotopic (exact) mass is 419 g/mol. The van der Waals surface area contributed by atoms with Gasteiger partial charge in [0, 0.05) is 12.6 Å². The van der Waals surface area contributed by atoms with Gasteiger partial charge < -0.3 is 20.5 Å². The van der Waals surface area contributed by atoms with Crippen LogP contribution < -0.4 is 15.4 Å². The summed E-state index contributed by atoms with van der Waals surface area (Å²) in [5, 5.41) is 14.3. The van der Waals surface area contributed by atoms with E-state index in [2.05, 4.69) is 25.6 Å². The first-order chi connectivity index (χ1) is 13.8. The van der Waals surface area contributed by atoms with Crippen LogP contribution in [0.2, 0.25) is 0 Å². The topological polar surface area (TPSA) is 126 Å². The van der Waals surface area contributed by atoms with Gasteiger partial charge in [-0.2, -0.15) is 0 Å². The first kappa shape index (κ1) is 20.4. The number of amides is 1. The first-order valence-electron chi connectivity index (χ1n) is 8.68. The summed E-state index contributed by atoms with van der Waals surface area (Å²) < 4.78 is 19.2. The Bertz CT molecular complexity index is 1060. The van der Waals surface area contributed by atoms with E-state index in [4.69, 9.17) is 9.84 Å². The SMILES string of the molecule is CC(C)Oc1cc(F)ccc1Nc1ncnc2sc(C(=O)NCCC(=O)O)nc12. The molecule has 152 valence electrons. The van der Waals surface area contributed by atoms with Gasteiger partial charge in [0.05, 0.1) is 18.2 Å². The van der Waals surface area contributed by atoms with E-state index in [0.717, 1.165) is 11.3 Å².